The van der Waals surface area contributed by atoms with Crippen LogP contribution in [-0.2, 0) is 13.1 Å². The number of ether oxygens (including phenoxy) is 1. The Bertz CT molecular complexity index is 635. The predicted octanol–water partition coefficient (Wildman–Crippen LogP) is 1.07. The van der Waals surface area contributed by atoms with Crippen LogP contribution in [0.5, 0.6) is 5.75 Å². The Kier molecular flexibility index (Phi) is 3.97. The number of benzene rings is 1. The molecule has 19 heavy (non-hydrogen) atoms. The van der Waals surface area contributed by atoms with Gasteiger partial charge in [-0.1, -0.05) is 6.07 Å². The summed E-state index contributed by atoms with van der Waals surface area (Å²) in [5.74, 6) is 0.741. The lowest BCUT2D eigenvalue weighted by Crippen LogP contribution is -2.23. The molecule has 0 aliphatic carbocycles. The van der Waals surface area contributed by atoms with Gasteiger partial charge in [-0.3, -0.25) is 4.57 Å². The van der Waals surface area contributed by atoms with Gasteiger partial charge < -0.3 is 10.5 Å². The van der Waals surface area contributed by atoms with Crippen LogP contribution in [0.15, 0.2) is 35.4 Å². The Morgan fingerprint density at radius 2 is 2.21 bits per heavy atom. The fraction of sp³-hybridized carbons (Fsp3) is 0.286. The monoisotopic (exact) mass is 259 g/mol. The molecule has 0 radical (unpaired) electrons. The summed E-state index contributed by atoms with van der Waals surface area (Å²) in [7, 11) is 1.61. The average molecular weight is 259 g/mol. The molecule has 1 aromatic heterocycles. The maximum atomic E-state index is 11.7. The van der Waals surface area contributed by atoms with Crippen LogP contribution < -0.4 is 16.2 Å². The van der Waals surface area contributed by atoms with Gasteiger partial charge in [0.15, 0.2) is 0 Å². The van der Waals surface area contributed by atoms with Gasteiger partial charge >= 0.3 is 5.69 Å². The zero-order valence-corrected chi connectivity index (χ0v) is 11.1. The van der Waals surface area contributed by atoms with Crippen molar-refractivity contribution >= 4 is 0 Å². The summed E-state index contributed by atoms with van der Waals surface area (Å²) in [5.41, 5.74) is 8.22. The minimum atomic E-state index is -0.272. The normalized spacial score (nSPS) is 10.5. The second-order valence-corrected chi connectivity index (χ2v) is 4.39. The smallest absolute Gasteiger partial charge is 0.347 e. The SMILES string of the molecule is COc1ccc(CN)cc1Cn1cc(C)cnc1=O. The van der Waals surface area contributed by atoms with E-state index >= 15 is 0 Å². The summed E-state index contributed by atoms with van der Waals surface area (Å²) in [6.45, 7) is 2.78. The number of nitrogens with zero attached hydrogens (tertiary/aromatic N) is 2. The molecular weight excluding hydrogens is 242 g/mol. The standard InChI is InChI=1S/C14H17N3O2/c1-10-7-16-14(18)17(8-10)9-12-5-11(6-15)3-4-13(12)19-2/h3-5,7-8H,6,9,15H2,1-2H3. The third-order valence-corrected chi connectivity index (χ3v) is 2.91. The van der Waals surface area contributed by atoms with Crippen molar-refractivity contribution in [2.24, 2.45) is 5.73 Å². The summed E-state index contributed by atoms with van der Waals surface area (Å²) in [4.78, 5) is 15.5. The Balaban J connectivity index is 2.41. The molecule has 0 amide bonds. The van der Waals surface area contributed by atoms with Gasteiger partial charge in [0.2, 0.25) is 0 Å². The Hall–Kier alpha value is -2.14. The third kappa shape index (κ3) is 3.00. The van der Waals surface area contributed by atoms with Gasteiger partial charge in [0.05, 0.1) is 13.7 Å². The molecule has 0 atom stereocenters. The van der Waals surface area contributed by atoms with E-state index in [2.05, 4.69) is 4.98 Å². The zero-order chi connectivity index (χ0) is 13.8. The zero-order valence-electron chi connectivity index (χ0n) is 11.1. The number of rotatable bonds is 4. The fourth-order valence-corrected chi connectivity index (χ4v) is 1.94. The van der Waals surface area contributed by atoms with Gasteiger partial charge in [-0.2, -0.15) is 0 Å². The fourth-order valence-electron chi connectivity index (χ4n) is 1.94. The maximum absolute atomic E-state index is 11.7. The largest absolute Gasteiger partial charge is 0.496 e. The molecule has 0 spiro atoms. The van der Waals surface area contributed by atoms with Crippen molar-refractivity contribution in [2.45, 2.75) is 20.0 Å². The van der Waals surface area contributed by atoms with E-state index in [1.807, 2.05) is 25.1 Å². The minimum Gasteiger partial charge on any atom is -0.496 e. The molecule has 1 aromatic carbocycles. The first-order valence-electron chi connectivity index (χ1n) is 6.03. The van der Waals surface area contributed by atoms with E-state index in [9.17, 15) is 4.79 Å². The highest BCUT2D eigenvalue weighted by Crippen LogP contribution is 2.20. The third-order valence-electron chi connectivity index (χ3n) is 2.91. The summed E-state index contributed by atoms with van der Waals surface area (Å²) >= 11 is 0. The topological polar surface area (TPSA) is 70.1 Å². The van der Waals surface area contributed by atoms with Crippen LogP contribution in [0.2, 0.25) is 0 Å². The van der Waals surface area contributed by atoms with Crippen LogP contribution in [-0.4, -0.2) is 16.7 Å². The van der Waals surface area contributed by atoms with Crippen molar-refractivity contribution in [3.8, 4) is 5.75 Å². The molecule has 0 unspecified atom stereocenters. The van der Waals surface area contributed by atoms with Crippen molar-refractivity contribution in [2.75, 3.05) is 7.11 Å². The molecule has 5 nitrogen and oxygen atoms in total. The molecule has 2 N–H and O–H groups in total. The molecule has 0 saturated carbocycles. The first-order chi connectivity index (χ1) is 9.13. The summed E-state index contributed by atoms with van der Waals surface area (Å²) < 4.78 is 6.87. The summed E-state index contributed by atoms with van der Waals surface area (Å²) in [6, 6.07) is 5.74. The van der Waals surface area contributed by atoms with Crippen molar-refractivity contribution in [3.63, 3.8) is 0 Å². The molecule has 100 valence electrons. The molecule has 2 aromatic rings. The van der Waals surface area contributed by atoms with Gasteiger partial charge in [-0.05, 0) is 30.2 Å². The van der Waals surface area contributed by atoms with Crippen molar-refractivity contribution < 1.29 is 4.74 Å². The van der Waals surface area contributed by atoms with Gasteiger partial charge in [0.25, 0.3) is 0 Å². The van der Waals surface area contributed by atoms with Crippen LogP contribution >= 0.6 is 0 Å². The lowest BCUT2D eigenvalue weighted by Gasteiger charge is -2.12. The van der Waals surface area contributed by atoms with Crippen LogP contribution in [0.1, 0.15) is 16.7 Å². The number of hydrogen-bond acceptors (Lipinski definition) is 4. The quantitative estimate of drug-likeness (QED) is 0.891. The second-order valence-electron chi connectivity index (χ2n) is 4.39. The Labute approximate surface area is 111 Å². The molecule has 0 fully saturated rings. The van der Waals surface area contributed by atoms with Crippen molar-refractivity contribution in [1.29, 1.82) is 0 Å². The lowest BCUT2D eigenvalue weighted by atomic mass is 10.1. The molecule has 0 aliphatic heterocycles. The van der Waals surface area contributed by atoms with Crippen LogP contribution in [0, 0.1) is 6.92 Å². The van der Waals surface area contributed by atoms with E-state index in [1.54, 1.807) is 24.1 Å². The van der Waals surface area contributed by atoms with E-state index in [-0.39, 0.29) is 5.69 Å². The second kappa shape index (κ2) is 5.67. The molecular formula is C14H17N3O2. The van der Waals surface area contributed by atoms with Gasteiger partial charge in [0.1, 0.15) is 5.75 Å². The first-order valence-corrected chi connectivity index (χ1v) is 6.03. The van der Waals surface area contributed by atoms with E-state index in [1.165, 1.54) is 0 Å². The van der Waals surface area contributed by atoms with E-state index in [4.69, 9.17) is 10.5 Å². The van der Waals surface area contributed by atoms with Crippen molar-refractivity contribution in [1.82, 2.24) is 9.55 Å². The highest BCUT2D eigenvalue weighted by Gasteiger charge is 2.06. The van der Waals surface area contributed by atoms with Gasteiger partial charge in [0, 0.05) is 24.5 Å². The van der Waals surface area contributed by atoms with Crippen molar-refractivity contribution in [3.05, 3.63) is 57.8 Å². The molecule has 1 heterocycles. The molecule has 2 rings (SSSR count). The number of aryl methyl sites for hydroxylation is 1. The number of nitrogens with two attached hydrogens (primary N) is 1. The first kappa shape index (κ1) is 13.3. The molecule has 5 heteroatoms. The Morgan fingerprint density at radius 1 is 1.42 bits per heavy atom. The predicted molar refractivity (Wildman–Crippen MR) is 73.2 cm³/mol. The van der Waals surface area contributed by atoms with Crippen LogP contribution in [0.25, 0.3) is 0 Å². The van der Waals surface area contributed by atoms with Gasteiger partial charge in [-0.25, -0.2) is 9.78 Å². The summed E-state index contributed by atoms with van der Waals surface area (Å²) in [6.07, 6.45) is 3.34. The molecule has 0 saturated heterocycles. The number of hydrogen-bond donors (Lipinski definition) is 1. The van der Waals surface area contributed by atoms with Crippen LogP contribution in [0.3, 0.4) is 0 Å². The van der Waals surface area contributed by atoms with E-state index in [0.717, 1.165) is 22.4 Å². The van der Waals surface area contributed by atoms with E-state index in [0.29, 0.717) is 13.1 Å². The summed E-state index contributed by atoms with van der Waals surface area (Å²) in [5, 5.41) is 0. The number of methoxy groups -OCH3 is 1. The van der Waals surface area contributed by atoms with Crippen LogP contribution in [0.4, 0.5) is 0 Å². The average Bonchev–Trinajstić information content (AvgIpc) is 2.42. The van der Waals surface area contributed by atoms with E-state index < -0.39 is 0 Å². The Morgan fingerprint density at radius 3 is 2.89 bits per heavy atom. The number of aromatic nitrogens is 2. The molecule has 0 bridgehead atoms. The highest BCUT2D eigenvalue weighted by molar-refractivity contribution is 5.37. The maximum Gasteiger partial charge on any atom is 0.347 e. The minimum absolute atomic E-state index is 0.272. The molecule has 0 aliphatic rings. The lowest BCUT2D eigenvalue weighted by molar-refractivity contribution is 0.407. The highest BCUT2D eigenvalue weighted by atomic mass is 16.5. The van der Waals surface area contributed by atoms with Gasteiger partial charge in [-0.15, -0.1) is 0 Å².